The van der Waals surface area contributed by atoms with E-state index in [4.69, 9.17) is 9.47 Å². The maximum Gasteiger partial charge on any atom is 0.231 e. The topological polar surface area (TPSA) is 59.5 Å². The van der Waals surface area contributed by atoms with Crippen molar-refractivity contribution < 1.29 is 9.47 Å². The van der Waals surface area contributed by atoms with Gasteiger partial charge in [0, 0.05) is 12.1 Å². The number of hydrogen-bond donors (Lipinski definition) is 1. The van der Waals surface area contributed by atoms with Gasteiger partial charge in [0.1, 0.15) is 5.82 Å². The molecule has 6 heteroatoms. The van der Waals surface area contributed by atoms with Gasteiger partial charge in [-0.1, -0.05) is 20.8 Å². The lowest BCUT2D eigenvalue weighted by Crippen LogP contribution is -2.37. The van der Waals surface area contributed by atoms with E-state index < -0.39 is 0 Å². The van der Waals surface area contributed by atoms with Gasteiger partial charge in [0.05, 0.1) is 5.69 Å². The van der Waals surface area contributed by atoms with Crippen molar-refractivity contribution in [2.24, 2.45) is 16.7 Å². The molecule has 1 atom stereocenters. The Morgan fingerprint density at radius 3 is 2.61 bits per heavy atom. The van der Waals surface area contributed by atoms with Crippen LogP contribution in [0.1, 0.15) is 46.5 Å². The van der Waals surface area contributed by atoms with Crippen molar-refractivity contribution in [1.29, 1.82) is 0 Å². The zero-order chi connectivity index (χ0) is 21.5. The van der Waals surface area contributed by atoms with Crippen molar-refractivity contribution in [3.8, 4) is 22.8 Å². The molecule has 1 aromatic carbocycles. The van der Waals surface area contributed by atoms with Gasteiger partial charge in [-0.25, -0.2) is 0 Å². The van der Waals surface area contributed by atoms with E-state index in [0.29, 0.717) is 10.8 Å². The summed E-state index contributed by atoms with van der Waals surface area (Å²) in [4.78, 5) is 2.67. The summed E-state index contributed by atoms with van der Waals surface area (Å²) in [5.74, 6) is 3.18. The number of benzene rings is 1. The van der Waals surface area contributed by atoms with Gasteiger partial charge in [-0.15, -0.1) is 10.2 Å². The zero-order valence-corrected chi connectivity index (χ0v) is 19.0. The number of piperidine rings is 1. The molecule has 1 aliphatic carbocycles. The molecule has 1 aromatic heterocycles. The first kappa shape index (κ1) is 20.6. The molecule has 3 aliphatic rings. The molecular weight excluding hydrogens is 388 g/mol. The second-order valence-electron chi connectivity index (χ2n) is 10.7. The molecule has 5 rings (SSSR count). The SMILES string of the molecule is CC(C)(C)CCN1CCC2(CC1)CC2CNc1ccc(-c2ccc3c(c2)OCO3)nn1. The van der Waals surface area contributed by atoms with Crippen LogP contribution in [0.3, 0.4) is 0 Å². The third-order valence-electron chi connectivity index (χ3n) is 7.25. The summed E-state index contributed by atoms with van der Waals surface area (Å²) in [6.07, 6.45) is 5.33. The van der Waals surface area contributed by atoms with E-state index in [2.05, 4.69) is 41.2 Å². The first-order valence-electron chi connectivity index (χ1n) is 11.6. The third-order valence-corrected chi connectivity index (χ3v) is 7.25. The van der Waals surface area contributed by atoms with Crippen LogP contribution >= 0.6 is 0 Å². The highest BCUT2D eigenvalue weighted by atomic mass is 16.7. The molecule has 166 valence electrons. The quantitative estimate of drug-likeness (QED) is 0.720. The number of hydrogen-bond acceptors (Lipinski definition) is 6. The molecule has 3 heterocycles. The molecule has 1 N–H and O–H groups in total. The second-order valence-corrected chi connectivity index (χ2v) is 10.7. The molecule has 0 radical (unpaired) electrons. The normalized spacial score (nSPS) is 22.0. The fourth-order valence-electron chi connectivity index (χ4n) is 4.91. The van der Waals surface area contributed by atoms with Crippen LogP contribution in [0.25, 0.3) is 11.3 Å². The number of anilines is 1. The highest BCUT2D eigenvalue weighted by molar-refractivity contribution is 5.64. The van der Waals surface area contributed by atoms with Crippen LogP contribution in [0.15, 0.2) is 30.3 Å². The molecule has 1 unspecified atom stereocenters. The van der Waals surface area contributed by atoms with E-state index in [1.165, 1.54) is 45.3 Å². The third kappa shape index (κ3) is 4.64. The first-order chi connectivity index (χ1) is 14.9. The number of fused-ring (bicyclic) bond motifs is 1. The van der Waals surface area contributed by atoms with Crippen LogP contribution in [0, 0.1) is 16.7 Å². The van der Waals surface area contributed by atoms with Gasteiger partial charge in [0.2, 0.25) is 6.79 Å². The average Bonchev–Trinajstić information content (AvgIpc) is 3.20. The Balaban J connectivity index is 1.10. The number of rotatable bonds is 6. The van der Waals surface area contributed by atoms with E-state index in [1.54, 1.807) is 0 Å². The van der Waals surface area contributed by atoms with Gasteiger partial charge in [0.15, 0.2) is 11.5 Å². The predicted molar refractivity (Wildman–Crippen MR) is 122 cm³/mol. The van der Waals surface area contributed by atoms with Crippen LogP contribution in [0.2, 0.25) is 0 Å². The van der Waals surface area contributed by atoms with Gasteiger partial charge in [-0.3, -0.25) is 0 Å². The fraction of sp³-hybridized carbons (Fsp3) is 0.600. The van der Waals surface area contributed by atoms with E-state index in [1.807, 2.05) is 30.3 Å². The van der Waals surface area contributed by atoms with Crippen LogP contribution in [0.4, 0.5) is 5.82 Å². The van der Waals surface area contributed by atoms with E-state index >= 15 is 0 Å². The van der Waals surface area contributed by atoms with E-state index in [0.717, 1.165) is 41.0 Å². The summed E-state index contributed by atoms with van der Waals surface area (Å²) in [7, 11) is 0. The maximum absolute atomic E-state index is 5.46. The van der Waals surface area contributed by atoms with Crippen molar-refractivity contribution >= 4 is 5.82 Å². The van der Waals surface area contributed by atoms with Crippen molar-refractivity contribution in [1.82, 2.24) is 15.1 Å². The largest absolute Gasteiger partial charge is 0.454 e. The number of nitrogens with one attached hydrogen (secondary N) is 1. The Morgan fingerprint density at radius 2 is 1.87 bits per heavy atom. The summed E-state index contributed by atoms with van der Waals surface area (Å²) in [6, 6.07) is 9.92. The van der Waals surface area contributed by atoms with Crippen LogP contribution in [-0.4, -0.2) is 48.1 Å². The Hall–Kier alpha value is -2.34. The van der Waals surface area contributed by atoms with Crippen molar-refractivity contribution in [3.05, 3.63) is 30.3 Å². The Bertz CT molecular complexity index is 914. The number of nitrogens with zero attached hydrogens (tertiary/aromatic N) is 3. The lowest BCUT2D eigenvalue weighted by Gasteiger charge is -2.34. The van der Waals surface area contributed by atoms with Crippen molar-refractivity contribution in [3.63, 3.8) is 0 Å². The van der Waals surface area contributed by atoms with Crippen molar-refractivity contribution in [2.45, 2.75) is 46.5 Å². The molecule has 2 aromatic rings. The van der Waals surface area contributed by atoms with Crippen LogP contribution in [0.5, 0.6) is 11.5 Å². The number of likely N-dealkylation sites (tertiary alicyclic amines) is 1. The van der Waals surface area contributed by atoms with E-state index in [-0.39, 0.29) is 6.79 Å². The Kier molecular flexibility index (Phi) is 5.29. The molecule has 31 heavy (non-hydrogen) atoms. The lowest BCUT2D eigenvalue weighted by atomic mass is 9.88. The number of aromatic nitrogens is 2. The van der Waals surface area contributed by atoms with Crippen LogP contribution in [-0.2, 0) is 0 Å². The average molecular weight is 423 g/mol. The zero-order valence-electron chi connectivity index (χ0n) is 19.0. The van der Waals surface area contributed by atoms with Gasteiger partial charge < -0.3 is 19.7 Å². The minimum absolute atomic E-state index is 0.283. The summed E-state index contributed by atoms with van der Waals surface area (Å²) in [5.41, 5.74) is 2.84. The molecule has 2 fully saturated rings. The molecule has 2 aliphatic heterocycles. The molecule has 6 nitrogen and oxygen atoms in total. The summed E-state index contributed by atoms with van der Waals surface area (Å²) < 4.78 is 10.8. The summed E-state index contributed by atoms with van der Waals surface area (Å²) in [5, 5.41) is 12.3. The predicted octanol–water partition coefficient (Wildman–Crippen LogP) is 4.82. The minimum Gasteiger partial charge on any atom is -0.454 e. The smallest absolute Gasteiger partial charge is 0.231 e. The van der Waals surface area contributed by atoms with Gasteiger partial charge in [-0.05, 0) is 92.4 Å². The molecule has 1 saturated heterocycles. The highest BCUT2D eigenvalue weighted by Gasteiger charge is 2.54. The monoisotopic (exact) mass is 422 g/mol. The Morgan fingerprint density at radius 1 is 1.06 bits per heavy atom. The molecule has 1 spiro atoms. The second kappa shape index (κ2) is 7.97. The van der Waals surface area contributed by atoms with Gasteiger partial charge in [0.25, 0.3) is 0 Å². The molecular formula is C25H34N4O2. The van der Waals surface area contributed by atoms with Gasteiger partial charge in [-0.2, -0.15) is 0 Å². The van der Waals surface area contributed by atoms with Crippen LogP contribution < -0.4 is 14.8 Å². The molecule has 0 bridgehead atoms. The maximum atomic E-state index is 5.46. The standard InChI is InChI=1S/C25H34N4O2/c1-24(2,3)8-11-29-12-9-25(10-13-29)15-19(25)16-26-23-7-5-20(27-28-23)18-4-6-21-22(14-18)31-17-30-21/h4-7,14,19H,8-13,15-17H2,1-3H3,(H,26,28). The fourth-order valence-corrected chi connectivity index (χ4v) is 4.91. The summed E-state index contributed by atoms with van der Waals surface area (Å²) in [6.45, 7) is 12.1. The lowest BCUT2D eigenvalue weighted by molar-refractivity contribution is 0.147. The van der Waals surface area contributed by atoms with E-state index in [9.17, 15) is 0 Å². The summed E-state index contributed by atoms with van der Waals surface area (Å²) >= 11 is 0. The Labute approximate surface area is 185 Å². The number of ether oxygens (including phenoxy) is 2. The molecule has 0 amide bonds. The first-order valence-corrected chi connectivity index (χ1v) is 11.6. The van der Waals surface area contributed by atoms with Gasteiger partial charge >= 0.3 is 0 Å². The minimum atomic E-state index is 0.283. The highest BCUT2D eigenvalue weighted by Crippen LogP contribution is 2.59. The molecule has 1 saturated carbocycles. The van der Waals surface area contributed by atoms with Crippen molar-refractivity contribution in [2.75, 3.05) is 38.3 Å².